The lowest BCUT2D eigenvalue weighted by atomic mass is 10.1. The minimum absolute atomic E-state index is 0.331. The van der Waals surface area contributed by atoms with E-state index in [2.05, 4.69) is 30.1 Å². The van der Waals surface area contributed by atoms with Gasteiger partial charge in [-0.15, -0.1) is 0 Å². The van der Waals surface area contributed by atoms with Crippen molar-refractivity contribution in [3.8, 4) is 11.1 Å². The van der Waals surface area contributed by atoms with Crippen LogP contribution in [0, 0.1) is 5.82 Å². The van der Waals surface area contributed by atoms with Crippen molar-refractivity contribution in [1.82, 2.24) is 24.8 Å². The fourth-order valence-electron chi connectivity index (χ4n) is 5.87. The number of hydrogen-bond donors (Lipinski definition) is 4. The van der Waals surface area contributed by atoms with Gasteiger partial charge in [0.15, 0.2) is 5.82 Å². The Bertz CT molecular complexity index is 1470. The van der Waals surface area contributed by atoms with E-state index >= 15 is 4.39 Å². The molecule has 4 heterocycles. The Hall–Kier alpha value is -3.97. The smallest absolute Gasteiger partial charge is 0.324 e. The molecule has 6 rings (SSSR count). The van der Waals surface area contributed by atoms with Gasteiger partial charge in [-0.2, -0.15) is 0 Å². The van der Waals surface area contributed by atoms with Crippen LogP contribution in [0.4, 0.5) is 21.8 Å². The Balaban J connectivity index is 1.11. The third kappa shape index (κ3) is 5.71. The van der Waals surface area contributed by atoms with Crippen LogP contribution in [0.5, 0.6) is 0 Å². The molecule has 2 aromatic heterocycles. The molecule has 0 spiro atoms. The lowest BCUT2D eigenvalue weighted by molar-refractivity contribution is -0.146. The number of benzene rings is 1. The lowest BCUT2D eigenvalue weighted by Crippen LogP contribution is -2.53. The first kappa shape index (κ1) is 28.2. The highest BCUT2D eigenvalue weighted by Gasteiger charge is 2.55. The summed E-state index contributed by atoms with van der Waals surface area (Å²) in [6.07, 6.45) is 8.39. The van der Waals surface area contributed by atoms with Crippen LogP contribution in [0.25, 0.3) is 11.1 Å². The predicted octanol–water partition coefficient (Wildman–Crippen LogP) is 2.57. The molecule has 11 nitrogen and oxygen atoms in total. The largest absolute Gasteiger partial charge is 0.480 e. The van der Waals surface area contributed by atoms with Crippen LogP contribution in [0.1, 0.15) is 24.8 Å². The summed E-state index contributed by atoms with van der Waals surface area (Å²) in [6.45, 7) is 3.96. The maximum atomic E-state index is 15.6. The zero-order valence-electron chi connectivity index (χ0n) is 23.3. The van der Waals surface area contributed by atoms with Crippen molar-refractivity contribution in [3.63, 3.8) is 0 Å². The molecule has 2 saturated heterocycles. The maximum Gasteiger partial charge on any atom is 0.324 e. The number of aliphatic hydroxyl groups is 1. The van der Waals surface area contributed by atoms with Crippen LogP contribution in [0.15, 0.2) is 60.7 Å². The second-order valence-corrected chi connectivity index (χ2v) is 11.1. The summed E-state index contributed by atoms with van der Waals surface area (Å²) in [6, 6.07) is 8.94. The summed E-state index contributed by atoms with van der Waals surface area (Å²) in [7, 11) is 0. The summed E-state index contributed by atoms with van der Waals surface area (Å²) in [5, 5.41) is 22.8. The molecule has 1 atom stereocenters. The van der Waals surface area contributed by atoms with E-state index in [-0.39, 0.29) is 5.82 Å². The highest BCUT2D eigenvalue weighted by molar-refractivity contribution is 5.82. The monoisotopic (exact) mass is 574 g/mol. The number of aliphatic carboxylic acids is 1. The first-order valence-electron chi connectivity index (χ1n) is 14.2. The van der Waals surface area contributed by atoms with E-state index in [1.807, 2.05) is 29.2 Å². The molecule has 5 N–H and O–H groups in total. The van der Waals surface area contributed by atoms with E-state index < -0.39 is 17.6 Å². The summed E-state index contributed by atoms with van der Waals surface area (Å²) in [5.74, 6) is -0.0876. The van der Waals surface area contributed by atoms with Crippen molar-refractivity contribution in [2.24, 2.45) is 5.73 Å². The predicted molar refractivity (Wildman–Crippen MR) is 157 cm³/mol. The van der Waals surface area contributed by atoms with E-state index in [1.165, 1.54) is 0 Å². The molecule has 0 bridgehead atoms. The first-order chi connectivity index (χ1) is 20.4. The van der Waals surface area contributed by atoms with Crippen LogP contribution in [-0.4, -0.2) is 91.8 Å². The molecule has 1 aromatic carbocycles. The average molecular weight is 575 g/mol. The second kappa shape index (κ2) is 11.7. The van der Waals surface area contributed by atoms with Crippen molar-refractivity contribution in [2.75, 3.05) is 49.5 Å². The number of nitrogens with two attached hydrogens (primary N) is 1. The molecule has 12 heteroatoms. The van der Waals surface area contributed by atoms with E-state index in [0.29, 0.717) is 88.1 Å². The van der Waals surface area contributed by atoms with Crippen LogP contribution in [0.2, 0.25) is 0 Å². The van der Waals surface area contributed by atoms with Crippen molar-refractivity contribution in [1.29, 1.82) is 0 Å². The van der Waals surface area contributed by atoms with Gasteiger partial charge >= 0.3 is 5.97 Å². The fourth-order valence-corrected chi connectivity index (χ4v) is 5.87. The number of aromatic nitrogens is 3. The number of piperazine rings is 1. The van der Waals surface area contributed by atoms with Crippen LogP contribution in [0.3, 0.4) is 0 Å². The van der Waals surface area contributed by atoms with Crippen LogP contribution < -0.4 is 16.0 Å². The number of carboxylic acid groups (broad SMARTS) is 1. The zero-order valence-corrected chi connectivity index (χ0v) is 23.3. The van der Waals surface area contributed by atoms with Gasteiger partial charge in [0.05, 0.1) is 18.3 Å². The van der Waals surface area contributed by atoms with Crippen molar-refractivity contribution in [2.45, 2.75) is 37.5 Å². The molecular weight excluding hydrogens is 539 g/mol. The highest BCUT2D eigenvalue weighted by atomic mass is 19.1. The normalized spacial score (nSPS) is 21.5. The number of nitrogens with one attached hydrogen (secondary N) is 1. The highest BCUT2D eigenvalue weighted by Crippen LogP contribution is 2.42. The summed E-state index contributed by atoms with van der Waals surface area (Å²) >= 11 is 0. The number of anilines is 3. The fraction of sp³-hybridized carbons (Fsp3) is 0.400. The Labute approximate surface area is 243 Å². The molecule has 0 amide bonds. The van der Waals surface area contributed by atoms with Crippen LogP contribution in [-0.2, 0) is 11.3 Å². The van der Waals surface area contributed by atoms with Gasteiger partial charge in [0.1, 0.15) is 11.4 Å². The molecule has 0 radical (unpaired) electrons. The third-order valence-corrected chi connectivity index (χ3v) is 8.35. The minimum atomic E-state index is -0.736. The summed E-state index contributed by atoms with van der Waals surface area (Å²) in [5.41, 5.74) is 8.40. The average Bonchev–Trinajstić information content (AvgIpc) is 3.73. The molecule has 3 aliphatic rings. The van der Waals surface area contributed by atoms with Gasteiger partial charge in [-0.05, 0) is 36.6 Å². The Morgan fingerprint density at radius 1 is 1.12 bits per heavy atom. The quantitative estimate of drug-likeness (QED) is 0.299. The SMILES string of the molecule is NC/C=C1\CC(O)CN1c1ncc(-c2ccnc(Nc3cccc(CN4CCN(C5(C(=O)O)CC5)CC4)c3F)c2)cn1. The van der Waals surface area contributed by atoms with Gasteiger partial charge in [-0.25, -0.2) is 19.3 Å². The van der Waals surface area contributed by atoms with Gasteiger partial charge in [-0.1, -0.05) is 18.2 Å². The van der Waals surface area contributed by atoms with Gasteiger partial charge < -0.3 is 26.2 Å². The number of aliphatic hydroxyl groups excluding tert-OH is 1. The molecular formula is C30H35FN8O3. The van der Waals surface area contributed by atoms with Crippen molar-refractivity contribution < 1.29 is 19.4 Å². The molecule has 3 fully saturated rings. The second-order valence-electron chi connectivity index (χ2n) is 11.1. The number of carbonyl (C=O) groups is 1. The number of carboxylic acids is 1. The Morgan fingerprint density at radius 2 is 1.88 bits per heavy atom. The van der Waals surface area contributed by atoms with E-state index in [1.54, 1.807) is 30.7 Å². The topological polar surface area (TPSA) is 144 Å². The van der Waals surface area contributed by atoms with E-state index in [0.717, 1.165) is 16.8 Å². The molecule has 42 heavy (non-hydrogen) atoms. The molecule has 2 aliphatic heterocycles. The molecule has 1 aliphatic carbocycles. The number of nitrogens with zero attached hydrogens (tertiary/aromatic N) is 6. The minimum Gasteiger partial charge on any atom is -0.480 e. The Morgan fingerprint density at radius 3 is 2.57 bits per heavy atom. The number of hydrogen-bond acceptors (Lipinski definition) is 10. The maximum absolute atomic E-state index is 15.6. The molecule has 3 aromatic rings. The van der Waals surface area contributed by atoms with Gasteiger partial charge in [0.2, 0.25) is 5.95 Å². The number of β-amino-alcohol motifs (C(OH)–C–C–N with tert-alkyl or cyclic N) is 1. The third-order valence-electron chi connectivity index (χ3n) is 8.35. The number of rotatable bonds is 9. The molecule has 1 saturated carbocycles. The lowest BCUT2D eigenvalue weighted by Gasteiger charge is -2.38. The summed E-state index contributed by atoms with van der Waals surface area (Å²) < 4.78 is 15.6. The molecule has 220 valence electrons. The first-order valence-corrected chi connectivity index (χ1v) is 14.2. The van der Waals surface area contributed by atoms with Crippen LogP contribution >= 0.6 is 0 Å². The standard InChI is InChI=1S/C30H35FN8O3/c31-27-21(18-37-10-12-38(13-11-37)30(6-7-30)28(41)42)2-1-3-25(27)36-26-14-20(5-9-33-26)22-16-34-29(35-17-22)39-19-24(40)15-23(39)4-8-32/h1-5,9,14,16-17,24,40H,6-8,10-13,15,18-19,32H2,(H,33,36)(H,41,42)/b23-4+. The number of pyridine rings is 1. The van der Waals surface area contributed by atoms with Gasteiger partial charge in [0, 0.05) is 81.1 Å². The van der Waals surface area contributed by atoms with Gasteiger partial charge in [-0.3, -0.25) is 14.6 Å². The van der Waals surface area contributed by atoms with E-state index in [9.17, 15) is 15.0 Å². The van der Waals surface area contributed by atoms with Crippen molar-refractivity contribution >= 4 is 23.4 Å². The summed E-state index contributed by atoms with van der Waals surface area (Å²) in [4.78, 5) is 31.2. The Kier molecular flexibility index (Phi) is 7.86. The van der Waals surface area contributed by atoms with E-state index in [4.69, 9.17) is 5.73 Å². The number of halogens is 1. The van der Waals surface area contributed by atoms with Gasteiger partial charge in [0.25, 0.3) is 0 Å². The van der Waals surface area contributed by atoms with Crippen molar-refractivity contribution in [3.05, 3.63) is 72.1 Å². The molecule has 1 unspecified atom stereocenters. The zero-order chi connectivity index (χ0) is 29.3.